The second kappa shape index (κ2) is 3.72. The molecule has 0 saturated carbocycles. The molecule has 1 heterocycles. The molecule has 0 saturated heterocycles. The lowest BCUT2D eigenvalue weighted by Crippen LogP contribution is -1.80. The van der Waals surface area contributed by atoms with Gasteiger partial charge in [-0.3, -0.25) is 0 Å². The maximum atomic E-state index is 3.94. The van der Waals surface area contributed by atoms with Gasteiger partial charge in [0.25, 0.3) is 0 Å². The van der Waals surface area contributed by atoms with Gasteiger partial charge in [0.15, 0.2) is 0 Å². The van der Waals surface area contributed by atoms with Crippen molar-refractivity contribution in [3.05, 3.63) is 66.7 Å². The van der Waals surface area contributed by atoms with Gasteiger partial charge in [0.2, 0.25) is 0 Å². The Morgan fingerprint density at radius 2 is 1.47 bits per heavy atom. The fourth-order valence-corrected chi connectivity index (χ4v) is 2.88. The normalized spacial score (nSPS) is 11.4. The van der Waals surface area contributed by atoms with Gasteiger partial charge in [0.05, 0.1) is 5.52 Å². The average Bonchev–Trinajstić information content (AvgIpc) is 2.85. The lowest BCUT2D eigenvalue weighted by Gasteiger charge is -2.04. The van der Waals surface area contributed by atoms with Crippen molar-refractivity contribution < 1.29 is 0 Å². The lowest BCUT2D eigenvalue weighted by atomic mass is 10.0. The Balaban J connectivity index is 2.35. The van der Waals surface area contributed by atoms with Crippen LogP contribution in [0.1, 0.15) is 5.56 Å². The third kappa shape index (κ3) is 1.36. The minimum absolute atomic E-state index is 1.18. The van der Waals surface area contributed by atoms with Crippen LogP contribution in [0.2, 0.25) is 0 Å². The number of benzene rings is 3. The molecule has 0 atom stereocenters. The summed E-state index contributed by atoms with van der Waals surface area (Å²) in [6.45, 7) is 3.94. The molecule has 3 aromatic carbocycles. The van der Waals surface area contributed by atoms with Gasteiger partial charge in [-0.15, -0.1) is 0 Å². The molecule has 1 nitrogen and oxygen atoms in total. The molecule has 0 aliphatic heterocycles. The smallest absolute Gasteiger partial charge is 0.0544 e. The molecule has 0 bridgehead atoms. The number of aromatic amines is 1. The molecule has 90 valence electrons. The van der Waals surface area contributed by atoms with Gasteiger partial charge in [-0.1, -0.05) is 55.1 Å². The van der Waals surface area contributed by atoms with Crippen molar-refractivity contribution in [2.45, 2.75) is 0 Å². The summed E-state index contributed by atoms with van der Waals surface area (Å²) in [5.74, 6) is 0. The number of hydrogen-bond donors (Lipinski definition) is 1. The minimum Gasteiger partial charge on any atom is -0.354 e. The third-order valence-electron chi connectivity index (χ3n) is 3.77. The molecule has 4 rings (SSSR count). The van der Waals surface area contributed by atoms with Gasteiger partial charge in [-0.2, -0.15) is 0 Å². The van der Waals surface area contributed by atoms with Crippen LogP contribution in [0.25, 0.3) is 38.7 Å². The van der Waals surface area contributed by atoms with E-state index >= 15 is 0 Å². The Kier molecular flexibility index (Phi) is 2.04. The van der Waals surface area contributed by atoms with E-state index in [4.69, 9.17) is 0 Å². The summed E-state index contributed by atoms with van der Waals surface area (Å²) < 4.78 is 0. The van der Waals surface area contributed by atoms with Gasteiger partial charge in [-0.05, 0) is 23.1 Å². The van der Waals surface area contributed by atoms with E-state index in [9.17, 15) is 0 Å². The molecule has 0 aliphatic rings. The molecule has 0 fully saturated rings. The number of aromatic nitrogens is 1. The summed E-state index contributed by atoms with van der Waals surface area (Å²) in [6.07, 6.45) is 1.93. The molecule has 1 heteroatoms. The second-order valence-corrected chi connectivity index (χ2v) is 4.81. The van der Waals surface area contributed by atoms with Crippen LogP contribution in [0.4, 0.5) is 0 Å². The second-order valence-electron chi connectivity index (χ2n) is 4.81. The van der Waals surface area contributed by atoms with Gasteiger partial charge in [0.1, 0.15) is 0 Å². The molecular weight excluding hydrogens is 230 g/mol. The first-order valence-corrected chi connectivity index (χ1v) is 6.43. The number of para-hydroxylation sites is 1. The van der Waals surface area contributed by atoms with Crippen LogP contribution in [-0.4, -0.2) is 4.98 Å². The first-order chi connectivity index (χ1) is 9.38. The highest BCUT2D eigenvalue weighted by Crippen LogP contribution is 2.33. The summed E-state index contributed by atoms with van der Waals surface area (Å²) >= 11 is 0. The predicted octanol–water partition coefficient (Wildman–Crippen LogP) is 5.12. The van der Waals surface area contributed by atoms with E-state index in [1.165, 1.54) is 38.1 Å². The van der Waals surface area contributed by atoms with E-state index in [1.807, 2.05) is 6.08 Å². The molecule has 4 aromatic rings. The Labute approximate surface area is 111 Å². The van der Waals surface area contributed by atoms with Gasteiger partial charge < -0.3 is 4.98 Å². The molecule has 1 aromatic heterocycles. The maximum Gasteiger partial charge on any atom is 0.0544 e. The van der Waals surface area contributed by atoms with Gasteiger partial charge in [-0.25, -0.2) is 0 Å². The van der Waals surface area contributed by atoms with Crippen molar-refractivity contribution in [2.24, 2.45) is 0 Å². The number of nitrogens with one attached hydrogen (secondary N) is 1. The summed E-state index contributed by atoms with van der Waals surface area (Å²) in [7, 11) is 0. The zero-order valence-electron chi connectivity index (χ0n) is 10.5. The Hall–Kier alpha value is -2.54. The Morgan fingerprint density at radius 3 is 2.26 bits per heavy atom. The summed E-state index contributed by atoms with van der Waals surface area (Å²) in [6, 6.07) is 19.1. The Morgan fingerprint density at radius 1 is 0.789 bits per heavy atom. The predicted molar refractivity (Wildman–Crippen MR) is 83.4 cm³/mol. The van der Waals surface area contributed by atoms with Crippen LogP contribution in [0.15, 0.2) is 61.2 Å². The molecule has 1 N–H and O–H groups in total. The molecular formula is C18H13N. The van der Waals surface area contributed by atoms with Crippen molar-refractivity contribution in [2.75, 3.05) is 0 Å². The standard InChI is InChI=1S/C18H13N/c1-2-12-11-16-14-8-5-6-10-17(14)19-18(16)15-9-4-3-7-13(12)15/h2-11,19H,1H2. The van der Waals surface area contributed by atoms with E-state index in [0.717, 1.165) is 0 Å². The van der Waals surface area contributed by atoms with Crippen LogP contribution in [-0.2, 0) is 0 Å². The van der Waals surface area contributed by atoms with Crippen molar-refractivity contribution in [3.8, 4) is 0 Å². The van der Waals surface area contributed by atoms with Gasteiger partial charge >= 0.3 is 0 Å². The quantitative estimate of drug-likeness (QED) is 0.477. The summed E-state index contributed by atoms with van der Waals surface area (Å²) in [5, 5.41) is 5.04. The summed E-state index contributed by atoms with van der Waals surface area (Å²) in [4.78, 5) is 3.54. The highest BCUT2D eigenvalue weighted by Gasteiger charge is 2.09. The van der Waals surface area contributed by atoms with Crippen molar-refractivity contribution >= 4 is 38.7 Å². The Bertz CT molecular complexity index is 928. The first kappa shape index (κ1) is 10.4. The minimum atomic E-state index is 1.18. The van der Waals surface area contributed by atoms with E-state index in [-0.39, 0.29) is 0 Å². The van der Waals surface area contributed by atoms with Crippen molar-refractivity contribution in [1.29, 1.82) is 0 Å². The highest BCUT2D eigenvalue weighted by atomic mass is 14.7. The van der Waals surface area contributed by atoms with Crippen LogP contribution >= 0.6 is 0 Å². The first-order valence-electron chi connectivity index (χ1n) is 6.43. The molecule has 0 radical (unpaired) electrons. The van der Waals surface area contributed by atoms with E-state index in [1.54, 1.807) is 0 Å². The number of H-pyrrole nitrogens is 1. The fourth-order valence-electron chi connectivity index (χ4n) is 2.88. The van der Waals surface area contributed by atoms with E-state index in [0.29, 0.717) is 0 Å². The average molecular weight is 243 g/mol. The van der Waals surface area contributed by atoms with Crippen LogP contribution in [0.5, 0.6) is 0 Å². The van der Waals surface area contributed by atoms with Crippen LogP contribution < -0.4 is 0 Å². The van der Waals surface area contributed by atoms with E-state index < -0.39 is 0 Å². The monoisotopic (exact) mass is 243 g/mol. The lowest BCUT2D eigenvalue weighted by molar-refractivity contribution is 1.56. The summed E-state index contributed by atoms with van der Waals surface area (Å²) in [5.41, 5.74) is 3.58. The number of rotatable bonds is 1. The zero-order chi connectivity index (χ0) is 12.8. The van der Waals surface area contributed by atoms with Gasteiger partial charge in [0, 0.05) is 21.7 Å². The number of hydrogen-bond acceptors (Lipinski definition) is 0. The largest absolute Gasteiger partial charge is 0.354 e. The molecule has 0 unspecified atom stereocenters. The molecule has 19 heavy (non-hydrogen) atoms. The van der Waals surface area contributed by atoms with Crippen molar-refractivity contribution in [1.82, 2.24) is 4.98 Å². The van der Waals surface area contributed by atoms with Crippen molar-refractivity contribution in [3.63, 3.8) is 0 Å². The van der Waals surface area contributed by atoms with Crippen LogP contribution in [0.3, 0.4) is 0 Å². The molecule has 0 aliphatic carbocycles. The number of fused-ring (bicyclic) bond motifs is 5. The molecule has 0 spiro atoms. The zero-order valence-corrected chi connectivity index (χ0v) is 10.5. The molecule has 0 amide bonds. The van der Waals surface area contributed by atoms with Crippen LogP contribution in [0, 0.1) is 0 Å². The highest BCUT2D eigenvalue weighted by molar-refractivity contribution is 6.18. The SMILES string of the molecule is C=Cc1cc2c3ccccc3[nH]c2c2ccccc12. The third-order valence-corrected chi connectivity index (χ3v) is 3.77. The topological polar surface area (TPSA) is 15.8 Å². The van der Waals surface area contributed by atoms with E-state index in [2.05, 4.69) is 66.2 Å². The maximum absolute atomic E-state index is 3.94. The fraction of sp³-hybridized carbons (Fsp3) is 0.